The highest BCUT2D eigenvalue weighted by Crippen LogP contribution is 2.43. The molecule has 0 radical (unpaired) electrons. The highest BCUT2D eigenvalue weighted by Gasteiger charge is 2.36. The molecule has 31 heavy (non-hydrogen) atoms. The molecule has 8 heteroatoms. The van der Waals surface area contributed by atoms with Crippen LogP contribution in [0.15, 0.2) is 54.6 Å². The predicted octanol–water partition coefficient (Wildman–Crippen LogP) is 4.33. The Kier molecular flexibility index (Phi) is 5.14. The molecule has 0 aliphatic carbocycles. The lowest BCUT2D eigenvalue weighted by Crippen LogP contribution is -2.44. The summed E-state index contributed by atoms with van der Waals surface area (Å²) in [5.41, 5.74) is 3.13. The molecule has 2 aliphatic heterocycles. The average Bonchev–Trinajstić information content (AvgIpc) is 3.47. The van der Waals surface area contributed by atoms with Crippen LogP contribution in [-0.4, -0.2) is 34.4 Å². The molecular formula is C23H17N3O3S2. The molecule has 2 aromatic carbocycles. The number of thiophene rings is 1. The number of hydrogen-bond acceptors (Lipinski definition) is 6. The molecule has 0 bridgehead atoms. The molecule has 1 unspecified atom stereocenters. The van der Waals surface area contributed by atoms with E-state index in [1.165, 1.54) is 11.3 Å². The molecule has 6 nitrogen and oxygen atoms in total. The first kappa shape index (κ1) is 19.7. The van der Waals surface area contributed by atoms with Crippen LogP contribution in [0, 0.1) is 11.3 Å². The van der Waals surface area contributed by atoms with E-state index < -0.39 is 6.04 Å². The van der Waals surface area contributed by atoms with Gasteiger partial charge in [-0.25, -0.2) is 0 Å². The number of thioether (sulfide) groups is 1. The fourth-order valence-corrected chi connectivity index (χ4v) is 5.97. The third-order valence-electron chi connectivity index (χ3n) is 5.26. The Morgan fingerprint density at radius 1 is 1.16 bits per heavy atom. The molecule has 3 heterocycles. The lowest BCUT2D eigenvalue weighted by Gasteiger charge is -2.22. The SMILES string of the molecule is N#Cc1ccc(NC(=O)C2CSCN2C(=O)c2cc3c(s2)-c2ccccc2OC3)cc1. The Hall–Kier alpha value is -3.28. The molecule has 2 aliphatic rings. The van der Waals surface area contributed by atoms with E-state index in [0.717, 1.165) is 21.8 Å². The third-order valence-corrected chi connectivity index (χ3v) is 7.47. The van der Waals surface area contributed by atoms with Gasteiger partial charge in [-0.05, 0) is 42.5 Å². The van der Waals surface area contributed by atoms with E-state index >= 15 is 0 Å². The summed E-state index contributed by atoms with van der Waals surface area (Å²) >= 11 is 3.01. The topological polar surface area (TPSA) is 82.4 Å². The van der Waals surface area contributed by atoms with Gasteiger partial charge in [0.15, 0.2) is 0 Å². The van der Waals surface area contributed by atoms with Crippen molar-refractivity contribution in [3.8, 4) is 22.3 Å². The van der Waals surface area contributed by atoms with Crippen LogP contribution < -0.4 is 10.1 Å². The van der Waals surface area contributed by atoms with E-state index in [0.29, 0.717) is 34.4 Å². The number of nitriles is 1. The molecule has 1 atom stereocenters. The summed E-state index contributed by atoms with van der Waals surface area (Å²) < 4.78 is 5.80. The smallest absolute Gasteiger partial charge is 0.265 e. The van der Waals surface area contributed by atoms with Crippen molar-refractivity contribution >= 4 is 40.6 Å². The number of nitrogens with zero attached hydrogens (tertiary/aromatic N) is 2. The number of fused-ring (bicyclic) bond motifs is 3. The Morgan fingerprint density at radius 2 is 1.97 bits per heavy atom. The number of hydrogen-bond donors (Lipinski definition) is 1. The largest absolute Gasteiger partial charge is 0.488 e. The number of ether oxygens (including phenoxy) is 1. The zero-order valence-electron chi connectivity index (χ0n) is 16.3. The van der Waals surface area contributed by atoms with Gasteiger partial charge in [-0.3, -0.25) is 9.59 Å². The second kappa shape index (κ2) is 8.10. The first-order chi connectivity index (χ1) is 15.1. The van der Waals surface area contributed by atoms with Crippen molar-refractivity contribution in [3.05, 3.63) is 70.6 Å². The molecular weight excluding hydrogens is 430 g/mol. The van der Waals surface area contributed by atoms with E-state index in [1.807, 2.05) is 30.3 Å². The van der Waals surface area contributed by atoms with Gasteiger partial charge in [-0.1, -0.05) is 12.1 Å². The maximum Gasteiger partial charge on any atom is 0.265 e. The van der Waals surface area contributed by atoms with Crippen molar-refractivity contribution in [2.45, 2.75) is 12.6 Å². The maximum atomic E-state index is 13.3. The fraction of sp³-hybridized carbons (Fsp3) is 0.174. The van der Waals surface area contributed by atoms with E-state index in [2.05, 4.69) is 11.4 Å². The minimum atomic E-state index is -0.546. The normalized spacial score (nSPS) is 16.6. The van der Waals surface area contributed by atoms with Gasteiger partial charge in [0.25, 0.3) is 5.91 Å². The second-order valence-electron chi connectivity index (χ2n) is 7.22. The minimum absolute atomic E-state index is 0.137. The van der Waals surface area contributed by atoms with Crippen LogP contribution in [0.1, 0.15) is 20.8 Å². The molecule has 5 rings (SSSR count). The molecule has 0 spiro atoms. The van der Waals surface area contributed by atoms with Crippen LogP contribution in [0.5, 0.6) is 5.75 Å². The Labute approximate surface area is 187 Å². The Balaban J connectivity index is 1.35. The van der Waals surface area contributed by atoms with Gasteiger partial charge in [0, 0.05) is 27.4 Å². The van der Waals surface area contributed by atoms with E-state index in [-0.39, 0.29) is 11.8 Å². The number of carbonyl (C=O) groups is 2. The van der Waals surface area contributed by atoms with E-state index in [9.17, 15) is 9.59 Å². The van der Waals surface area contributed by atoms with Crippen molar-refractivity contribution in [1.29, 1.82) is 5.26 Å². The first-order valence-corrected chi connectivity index (χ1v) is 11.7. The maximum absolute atomic E-state index is 13.3. The molecule has 2 amide bonds. The lowest BCUT2D eigenvalue weighted by atomic mass is 10.1. The first-order valence-electron chi connectivity index (χ1n) is 9.68. The van der Waals surface area contributed by atoms with Crippen LogP contribution in [0.3, 0.4) is 0 Å². The van der Waals surface area contributed by atoms with Gasteiger partial charge in [0.2, 0.25) is 5.91 Å². The summed E-state index contributed by atoms with van der Waals surface area (Å²) in [6.45, 7) is 0.438. The summed E-state index contributed by atoms with van der Waals surface area (Å²) in [7, 11) is 0. The molecule has 0 saturated carbocycles. The van der Waals surface area contributed by atoms with Crippen molar-refractivity contribution in [1.82, 2.24) is 4.90 Å². The Bertz CT molecular complexity index is 1210. The van der Waals surface area contributed by atoms with Crippen LogP contribution in [0.2, 0.25) is 0 Å². The summed E-state index contributed by atoms with van der Waals surface area (Å²) in [4.78, 5) is 29.5. The van der Waals surface area contributed by atoms with Gasteiger partial charge < -0.3 is 15.0 Å². The highest BCUT2D eigenvalue weighted by atomic mass is 32.2. The van der Waals surface area contributed by atoms with Gasteiger partial charge in [-0.15, -0.1) is 23.1 Å². The number of anilines is 1. The molecule has 1 aromatic heterocycles. The molecule has 1 fully saturated rings. The Morgan fingerprint density at radius 3 is 2.77 bits per heavy atom. The lowest BCUT2D eigenvalue weighted by molar-refractivity contribution is -0.119. The van der Waals surface area contributed by atoms with E-state index in [1.54, 1.807) is 40.9 Å². The molecule has 1 N–H and O–H groups in total. The minimum Gasteiger partial charge on any atom is -0.488 e. The summed E-state index contributed by atoms with van der Waals surface area (Å²) in [5.74, 6) is 1.48. The standard InChI is InChI=1S/C23H17N3O3S2/c24-10-14-5-7-16(8-6-14)25-22(27)18-12-30-13-26(18)23(28)20-9-15-11-29-19-4-2-1-3-17(19)21(15)31-20/h1-9,18H,11-13H2,(H,25,27). The number of rotatable bonds is 3. The van der Waals surface area contributed by atoms with Crippen molar-refractivity contribution in [2.75, 3.05) is 16.9 Å². The number of para-hydroxylation sites is 1. The number of nitrogens with one attached hydrogen (secondary N) is 1. The van der Waals surface area contributed by atoms with Crippen LogP contribution in [0.25, 0.3) is 10.4 Å². The quantitative estimate of drug-likeness (QED) is 0.646. The van der Waals surface area contributed by atoms with Gasteiger partial charge in [0.1, 0.15) is 18.4 Å². The van der Waals surface area contributed by atoms with Gasteiger partial charge in [0.05, 0.1) is 22.4 Å². The average molecular weight is 448 g/mol. The molecule has 1 saturated heterocycles. The van der Waals surface area contributed by atoms with Crippen LogP contribution >= 0.6 is 23.1 Å². The number of benzene rings is 2. The summed E-state index contributed by atoms with van der Waals surface area (Å²) in [5, 5.41) is 11.8. The van der Waals surface area contributed by atoms with E-state index in [4.69, 9.17) is 10.00 Å². The van der Waals surface area contributed by atoms with Crippen molar-refractivity contribution < 1.29 is 14.3 Å². The van der Waals surface area contributed by atoms with Crippen LogP contribution in [-0.2, 0) is 11.4 Å². The zero-order chi connectivity index (χ0) is 21.4. The van der Waals surface area contributed by atoms with Gasteiger partial charge >= 0.3 is 0 Å². The van der Waals surface area contributed by atoms with Gasteiger partial charge in [-0.2, -0.15) is 5.26 Å². The monoisotopic (exact) mass is 447 g/mol. The van der Waals surface area contributed by atoms with Crippen molar-refractivity contribution in [3.63, 3.8) is 0 Å². The number of amides is 2. The molecule has 3 aromatic rings. The van der Waals surface area contributed by atoms with Crippen molar-refractivity contribution in [2.24, 2.45) is 0 Å². The third kappa shape index (κ3) is 3.67. The second-order valence-corrected chi connectivity index (χ2v) is 9.27. The van der Waals surface area contributed by atoms with Crippen LogP contribution in [0.4, 0.5) is 5.69 Å². The fourth-order valence-electron chi connectivity index (χ4n) is 3.66. The summed E-state index contributed by atoms with van der Waals surface area (Å²) in [6.07, 6.45) is 0. The predicted molar refractivity (Wildman–Crippen MR) is 121 cm³/mol. The summed E-state index contributed by atoms with van der Waals surface area (Å²) in [6, 6.07) is 17.9. The number of carbonyl (C=O) groups excluding carboxylic acids is 2. The zero-order valence-corrected chi connectivity index (χ0v) is 18.0. The highest BCUT2D eigenvalue weighted by molar-refractivity contribution is 7.99. The molecule has 154 valence electrons.